The van der Waals surface area contributed by atoms with Crippen LogP contribution in [0.2, 0.25) is 5.02 Å². The minimum absolute atomic E-state index is 0.0803. The van der Waals surface area contributed by atoms with Gasteiger partial charge < -0.3 is 14.6 Å². The van der Waals surface area contributed by atoms with E-state index in [4.69, 9.17) is 16.7 Å². The molecule has 3 aromatic rings. The number of rotatable bonds is 4. The third-order valence-corrected chi connectivity index (χ3v) is 5.63. The quantitative estimate of drug-likeness (QED) is 0.747. The van der Waals surface area contributed by atoms with Gasteiger partial charge in [0.25, 0.3) is 0 Å². The second kappa shape index (κ2) is 7.33. The van der Waals surface area contributed by atoms with Gasteiger partial charge in [-0.05, 0) is 55.3 Å². The van der Waals surface area contributed by atoms with Crippen LogP contribution in [0, 0.1) is 0 Å². The zero-order valence-corrected chi connectivity index (χ0v) is 16.0. The number of nitrogens with zero attached hydrogens (tertiary/aromatic N) is 3. The fourth-order valence-corrected chi connectivity index (χ4v) is 4.09. The van der Waals surface area contributed by atoms with Gasteiger partial charge >= 0.3 is 5.97 Å². The molecule has 0 saturated heterocycles. The van der Waals surface area contributed by atoms with E-state index < -0.39 is 5.97 Å². The summed E-state index contributed by atoms with van der Waals surface area (Å²) < 4.78 is 2.41. The lowest BCUT2D eigenvalue weighted by Crippen LogP contribution is -2.21. The SMILES string of the molecule is CN1CCc2c(n(CCc3ccc(C(=O)O)nc3)c3ccc(Cl)cc23)CC1. The lowest BCUT2D eigenvalue weighted by atomic mass is 10.1. The molecule has 1 aliphatic heterocycles. The number of carboxylic acid groups (broad SMARTS) is 1. The highest BCUT2D eigenvalue weighted by Crippen LogP contribution is 2.31. The van der Waals surface area contributed by atoms with Crippen molar-refractivity contribution in [2.75, 3.05) is 20.1 Å². The number of fused-ring (bicyclic) bond motifs is 3. The normalized spacial score (nSPS) is 14.9. The first-order valence-corrected chi connectivity index (χ1v) is 9.57. The van der Waals surface area contributed by atoms with Gasteiger partial charge in [-0.2, -0.15) is 0 Å². The molecule has 0 bridgehead atoms. The Balaban J connectivity index is 1.67. The Morgan fingerprint density at radius 3 is 2.78 bits per heavy atom. The summed E-state index contributed by atoms with van der Waals surface area (Å²) in [5, 5.41) is 11.0. The van der Waals surface area contributed by atoms with Gasteiger partial charge in [0.2, 0.25) is 0 Å². The number of aryl methyl sites for hydroxylation is 2. The van der Waals surface area contributed by atoms with E-state index >= 15 is 0 Å². The number of pyridine rings is 1. The van der Waals surface area contributed by atoms with E-state index in [2.05, 4.69) is 33.6 Å². The molecule has 27 heavy (non-hydrogen) atoms. The van der Waals surface area contributed by atoms with Gasteiger partial charge in [0, 0.05) is 53.9 Å². The van der Waals surface area contributed by atoms with Crippen molar-refractivity contribution in [3.8, 4) is 0 Å². The van der Waals surface area contributed by atoms with Crippen LogP contribution in [0.25, 0.3) is 10.9 Å². The summed E-state index contributed by atoms with van der Waals surface area (Å²) in [4.78, 5) is 17.4. The van der Waals surface area contributed by atoms with Crippen LogP contribution in [0.5, 0.6) is 0 Å². The van der Waals surface area contributed by atoms with Crippen molar-refractivity contribution in [2.24, 2.45) is 0 Å². The molecule has 0 saturated carbocycles. The summed E-state index contributed by atoms with van der Waals surface area (Å²) in [5.74, 6) is -0.996. The summed E-state index contributed by atoms with van der Waals surface area (Å²) in [6.45, 7) is 2.94. The number of aromatic carboxylic acids is 1. The number of aromatic nitrogens is 2. The van der Waals surface area contributed by atoms with Crippen molar-refractivity contribution in [1.82, 2.24) is 14.5 Å². The molecule has 0 atom stereocenters. The van der Waals surface area contributed by atoms with E-state index in [1.54, 1.807) is 12.3 Å². The summed E-state index contributed by atoms with van der Waals surface area (Å²) in [7, 11) is 2.17. The van der Waals surface area contributed by atoms with Crippen LogP contribution < -0.4 is 0 Å². The van der Waals surface area contributed by atoms with Crippen LogP contribution in [0.3, 0.4) is 0 Å². The van der Waals surface area contributed by atoms with Crippen LogP contribution in [-0.2, 0) is 25.8 Å². The van der Waals surface area contributed by atoms with Crippen molar-refractivity contribution in [3.05, 3.63) is 64.1 Å². The summed E-state index contributed by atoms with van der Waals surface area (Å²) in [6.07, 6.45) is 4.53. The molecule has 1 aliphatic rings. The van der Waals surface area contributed by atoms with E-state index in [0.29, 0.717) is 0 Å². The highest BCUT2D eigenvalue weighted by atomic mass is 35.5. The first-order chi connectivity index (χ1) is 13.0. The maximum Gasteiger partial charge on any atom is 0.354 e. The average Bonchev–Trinajstić information content (AvgIpc) is 2.80. The Morgan fingerprint density at radius 1 is 1.22 bits per heavy atom. The summed E-state index contributed by atoms with van der Waals surface area (Å²) in [5.41, 5.74) is 5.15. The third-order valence-electron chi connectivity index (χ3n) is 5.39. The molecule has 0 aliphatic carbocycles. The van der Waals surface area contributed by atoms with Gasteiger partial charge in [0.05, 0.1) is 0 Å². The van der Waals surface area contributed by atoms with E-state index in [0.717, 1.165) is 49.5 Å². The van der Waals surface area contributed by atoms with Crippen molar-refractivity contribution in [2.45, 2.75) is 25.8 Å². The number of carbonyl (C=O) groups is 1. The molecule has 0 unspecified atom stereocenters. The Hall–Kier alpha value is -2.37. The monoisotopic (exact) mass is 383 g/mol. The van der Waals surface area contributed by atoms with Crippen LogP contribution in [0.1, 0.15) is 27.3 Å². The molecule has 140 valence electrons. The predicted octanol–water partition coefficient (Wildman–Crippen LogP) is 3.66. The number of likely N-dealkylation sites (N-methyl/N-ethyl adjacent to an activating group) is 1. The van der Waals surface area contributed by atoms with Crippen molar-refractivity contribution in [3.63, 3.8) is 0 Å². The second-order valence-electron chi connectivity index (χ2n) is 7.15. The van der Waals surface area contributed by atoms with E-state index in [9.17, 15) is 4.79 Å². The maximum atomic E-state index is 11.0. The lowest BCUT2D eigenvalue weighted by Gasteiger charge is -2.14. The fourth-order valence-electron chi connectivity index (χ4n) is 3.92. The largest absolute Gasteiger partial charge is 0.477 e. The minimum Gasteiger partial charge on any atom is -0.477 e. The summed E-state index contributed by atoms with van der Waals surface area (Å²) >= 11 is 6.28. The molecule has 4 rings (SSSR count). The Morgan fingerprint density at radius 2 is 2.04 bits per heavy atom. The molecule has 3 heterocycles. The van der Waals surface area contributed by atoms with Gasteiger partial charge in [-0.15, -0.1) is 0 Å². The smallest absolute Gasteiger partial charge is 0.354 e. The average molecular weight is 384 g/mol. The number of hydrogen-bond donors (Lipinski definition) is 1. The van der Waals surface area contributed by atoms with E-state index in [1.807, 2.05) is 12.1 Å². The van der Waals surface area contributed by atoms with Gasteiger partial charge in [-0.3, -0.25) is 0 Å². The first-order valence-electron chi connectivity index (χ1n) is 9.19. The van der Waals surface area contributed by atoms with Crippen molar-refractivity contribution >= 4 is 28.5 Å². The number of hydrogen-bond acceptors (Lipinski definition) is 3. The Kier molecular flexibility index (Phi) is 4.89. The molecule has 1 aromatic carbocycles. The molecular weight excluding hydrogens is 362 g/mol. The zero-order valence-electron chi connectivity index (χ0n) is 15.3. The van der Waals surface area contributed by atoms with Crippen LogP contribution >= 0.6 is 11.6 Å². The highest BCUT2D eigenvalue weighted by Gasteiger charge is 2.20. The van der Waals surface area contributed by atoms with Gasteiger partial charge in [0.15, 0.2) is 0 Å². The number of carboxylic acids is 1. The second-order valence-corrected chi connectivity index (χ2v) is 7.58. The van der Waals surface area contributed by atoms with Gasteiger partial charge in [0.1, 0.15) is 5.69 Å². The highest BCUT2D eigenvalue weighted by molar-refractivity contribution is 6.31. The lowest BCUT2D eigenvalue weighted by molar-refractivity contribution is 0.0690. The zero-order chi connectivity index (χ0) is 19.0. The first kappa shape index (κ1) is 18.0. The maximum absolute atomic E-state index is 11.0. The molecule has 1 N–H and O–H groups in total. The van der Waals surface area contributed by atoms with Crippen molar-refractivity contribution in [1.29, 1.82) is 0 Å². The van der Waals surface area contributed by atoms with Crippen molar-refractivity contribution < 1.29 is 9.90 Å². The minimum atomic E-state index is -0.996. The molecule has 0 fully saturated rings. The standard InChI is InChI=1S/C21H22ClN3O2/c1-24-9-7-16-17-12-15(22)3-5-19(17)25(20(16)8-10-24)11-6-14-2-4-18(21(26)27)23-13-14/h2-5,12-13H,6-11H2,1H3,(H,26,27). The van der Waals surface area contributed by atoms with Crippen LogP contribution in [0.15, 0.2) is 36.5 Å². The molecular formula is C21H22ClN3O2. The molecule has 0 spiro atoms. The molecule has 0 radical (unpaired) electrons. The predicted molar refractivity (Wildman–Crippen MR) is 107 cm³/mol. The third kappa shape index (κ3) is 3.57. The Bertz CT molecular complexity index is 995. The molecule has 6 heteroatoms. The fraction of sp³-hybridized carbons (Fsp3) is 0.333. The number of benzene rings is 1. The summed E-state index contributed by atoms with van der Waals surface area (Å²) in [6, 6.07) is 9.57. The molecule has 2 aromatic heterocycles. The molecule has 5 nitrogen and oxygen atoms in total. The van der Waals surface area contributed by atoms with Gasteiger partial charge in [-0.1, -0.05) is 17.7 Å². The topological polar surface area (TPSA) is 58.4 Å². The molecule has 0 amide bonds. The van der Waals surface area contributed by atoms with Crippen LogP contribution in [-0.4, -0.2) is 45.7 Å². The van der Waals surface area contributed by atoms with Crippen LogP contribution in [0.4, 0.5) is 0 Å². The van der Waals surface area contributed by atoms with E-state index in [1.165, 1.54) is 22.2 Å². The number of halogens is 1. The van der Waals surface area contributed by atoms with E-state index in [-0.39, 0.29) is 5.69 Å². The van der Waals surface area contributed by atoms with Gasteiger partial charge in [-0.25, -0.2) is 9.78 Å². The Labute approximate surface area is 163 Å².